The van der Waals surface area contributed by atoms with Gasteiger partial charge in [0.05, 0.1) is 16.7 Å². The van der Waals surface area contributed by atoms with Gasteiger partial charge in [0.25, 0.3) is 5.91 Å². The SMILES string of the molecule is CC(C)(C(=O)O)c1ccc(Nc2cc(-c3c(F)cccc3F)nnc2C(N)=O)nc1. The van der Waals surface area contributed by atoms with Gasteiger partial charge in [-0.25, -0.2) is 13.8 Å². The van der Waals surface area contributed by atoms with Crippen LogP contribution in [0.1, 0.15) is 29.9 Å². The lowest BCUT2D eigenvalue weighted by atomic mass is 9.86. The van der Waals surface area contributed by atoms with Gasteiger partial charge in [0.1, 0.15) is 23.1 Å². The van der Waals surface area contributed by atoms with E-state index in [0.717, 1.165) is 12.1 Å². The van der Waals surface area contributed by atoms with Crippen molar-refractivity contribution >= 4 is 23.4 Å². The zero-order valence-electron chi connectivity index (χ0n) is 16.0. The molecule has 0 aliphatic rings. The molecule has 0 radical (unpaired) electrons. The van der Waals surface area contributed by atoms with E-state index in [1.807, 2.05) is 0 Å². The van der Waals surface area contributed by atoms with Crippen LogP contribution in [0.5, 0.6) is 0 Å². The lowest BCUT2D eigenvalue weighted by Crippen LogP contribution is -2.28. The summed E-state index contributed by atoms with van der Waals surface area (Å²) >= 11 is 0. The largest absolute Gasteiger partial charge is 0.481 e. The van der Waals surface area contributed by atoms with E-state index >= 15 is 0 Å². The van der Waals surface area contributed by atoms with Gasteiger partial charge in [-0.15, -0.1) is 10.2 Å². The monoisotopic (exact) mass is 413 g/mol. The first-order valence-corrected chi connectivity index (χ1v) is 8.70. The molecule has 0 aliphatic heterocycles. The third-order valence-corrected chi connectivity index (χ3v) is 4.53. The second-order valence-electron chi connectivity index (χ2n) is 6.94. The summed E-state index contributed by atoms with van der Waals surface area (Å²) in [5.41, 5.74) is 3.84. The van der Waals surface area contributed by atoms with Gasteiger partial charge in [-0.05, 0) is 43.7 Å². The first kappa shape index (κ1) is 20.8. The van der Waals surface area contributed by atoms with E-state index in [1.165, 1.54) is 38.2 Å². The standard InChI is InChI=1S/C20H17F2N5O3/c1-20(2,19(29)30)10-6-7-15(24-9-10)25-14-8-13(26-27-17(14)18(23)28)16-11(21)4-3-5-12(16)22/h3-9H,1-2H3,(H2,23,28)(H,29,30)(H,24,25,26). The molecular weight excluding hydrogens is 396 g/mol. The van der Waals surface area contributed by atoms with Crippen LogP contribution in [-0.4, -0.2) is 32.2 Å². The van der Waals surface area contributed by atoms with Crippen molar-refractivity contribution in [3.8, 4) is 11.3 Å². The average Bonchev–Trinajstić information content (AvgIpc) is 2.68. The van der Waals surface area contributed by atoms with Crippen LogP contribution in [0, 0.1) is 11.6 Å². The zero-order chi connectivity index (χ0) is 22.1. The molecule has 4 N–H and O–H groups in total. The second kappa shape index (κ2) is 7.82. The van der Waals surface area contributed by atoms with Gasteiger partial charge in [0.2, 0.25) is 0 Å². The summed E-state index contributed by atoms with van der Waals surface area (Å²) in [6.45, 7) is 3.07. The highest BCUT2D eigenvalue weighted by Gasteiger charge is 2.29. The summed E-state index contributed by atoms with van der Waals surface area (Å²) in [4.78, 5) is 27.2. The van der Waals surface area contributed by atoms with E-state index in [1.54, 1.807) is 6.07 Å². The molecule has 0 fully saturated rings. The maximum absolute atomic E-state index is 14.1. The molecule has 0 saturated heterocycles. The number of aromatic nitrogens is 3. The van der Waals surface area contributed by atoms with Crippen LogP contribution >= 0.6 is 0 Å². The van der Waals surface area contributed by atoms with Crippen LogP contribution in [-0.2, 0) is 10.2 Å². The van der Waals surface area contributed by atoms with Crippen LogP contribution in [0.15, 0.2) is 42.6 Å². The van der Waals surface area contributed by atoms with Crippen molar-refractivity contribution in [2.45, 2.75) is 19.3 Å². The van der Waals surface area contributed by atoms with Crippen LogP contribution in [0.4, 0.5) is 20.3 Å². The normalized spacial score (nSPS) is 11.2. The number of nitrogens with zero attached hydrogens (tertiary/aromatic N) is 3. The Kier molecular flexibility index (Phi) is 5.41. The van der Waals surface area contributed by atoms with Crippen molar-refractivity contribution in [2.75, 3.05) is 5.32 Å². The van der Waals surface area contributed by atoms with Crippen LogP contribution in [0.3, 0.4) is 0 Å². The van der Waals surface area contributed by atoms with Gasteiger partial charge in [-0.2, -0.15) is 0 Å². The fourth-order valence-electron chi connectivity index (χ4n) is 2.63. The van der Waals surface area contributed by atoms with Crippen molar-refractivity contribution < 1.29 is 23.5 Å². The van der Waals surface area contributed by atoms with Crippen molar-refractivity contribution in [3.05, 3.63) is 65.5 Å². The highest BCUT2D eigenvalue weighted by Crippen LogP contribution is 2.29. The number of anilines is 2. The van der Waals surface area contributed by atoms with Crippen molar-refractivity contribution in [1.82, 2.24) is 15.2 Å². The molecule has 8 nitrogen and oxygen atoms in total. The summed E-state index contributed by atoms with van der Waals surface area (Å²) < 4.78 is 28.2. The summed E-state index contributed by atoms with van der Waals surface area (Å²) in [7, 11) is 0. The number of aliphatic carboxylic acids is 1. The Balaban J connectivity index is 2.01. The quantitative estimate of drug-likeness (QED) is 0.566. The number of nitrogens with two attached hydrogens (primary N) is 1. The minimum Gasteiger partial charge on any atom is -0.481 e. The number of nitrogens with one attached hydrogen (secondary N) is 1. The number of carbonyl (C=O) groups excluding carboxylic acids is 1. The average molecular weight is 413 g/mol. The smallest absolute Gasteiger partial charge is 0.313 e. The predicted molar refractivity (Wildman–Crippen MR) is 104 cm³/mol. The maximum Gasteiger partial charge on any atom is 0.313 e. The molecule has 0 atom stereocenters. The van der Waals surface area contributed by atoms with Crippen LogP contribution in [0.2, 0.25) is 0 Å². The van der Waals surface area contributed by atoms with E-state index in [-0.39, 0.29) is 22.9 Å². The van der Waals surface area contributed by atoms with Gasteiger partial charge in [0, 0.05) is 6.20 Å². The molecule has 0 saturated carbocycles. The Morgan fingerprint density at radius 3 is 2.30 bits per heavy atom. The predicted octanol–water partition coefficient (Wildman–Crippen LogP) is 3.02. The minimum absolute atomic E-state index is 0.0351. The van der Waals surface area contributed by atoms with Gasteiger partial charge in [0.15, 0.2) is 5.69 Å². The van der Waals surface area contributed by atoms with E-state index in [4.69, 9.17) is 5.73 Å². The number of pyridine rings is 1. The van der Waals surface area contributed by atoms with Gasteiger partial charge in [-0.3, -0.25) is 9.59 Å². The Bertz CT molecular complexity index is 1110. The molecule has 0 unspecified atom stereocenters. The fourth-order valence-corrected chi connectivity index (χ4v) is 2.63. The number of hydrogen-bond donors (Lipinski definition) is 3. The van der Waals surface area contributed by atoms with E-state index in [0.29, 0.717) is 5.56 Å². The Labute approximate surface area is 169 Å². The molecule has 1 aromatic carbocycles. The summed E-state index contributed by atoms with van der Waals surface area (Å²) in [5, 5.41) is 19.5. The number of amides is 1. The lowest BCUT2D eigenvalue weighted by molar-refractivity contribution is -0.142. The summed E-state index contributed by atoms with van der Waals surface area (Å²) in [6.07, 6.45) is 1.37. The number of carbonyl (C=O) groups is 2. The molecule has 30 heavy (non-hydrogen) atoms. The lowest BCUT2D eigenvalue weighted by Gasteiger charge is -2.19. The Hall–Kier alpha value is -3.95. The third kappa shape index (κ3) is 3.93. The van der Waals surface area contributed by atoms with Gasteiger partial charge in [-0.1, -0.05) is 12.1 Å². The molecule has 2 heterocycles. The van der Waals surface area contributed by atoms with Crippen molar-refractivity contribution in [1.29, 1.82) is 0 Å². The number of carboxylic acid groups (broad SMARTS) is 1. The van der Waals surface area contributed by atoms with Gasteiger partial charge >= 0.3 is 5.97 Å². The number of rotatable bonds is 6. The molecule has 3 rings (SSSR count). The highest BCUT2D eigenvalue weighted by atomic mass is 19.1. The molecule has 2 aromatic heterocycles. The summed E-state index contributed by atoms with van der Waals surface area (Å²) in [5.74, 6) is -3.39. The van der Waals surface area contributed by atoms with Crippen molar-refractivity contribution in [2.24, 2.45) is 5.73 Å². The Morgan fingerprint density at radius 1 is 1.10 bits per heavy atom. The number of hydrogen-bond acceptors (Lipinski definition) is 6. The first-order valence-electron chi connectivity index (χ1n) is 8.70. The molecule has 154 valence electrons. The van der Waals surface area contributed by atoms with E-state index < -0.39 is 34.5 Å². The summed E-state index contributed by atoms with van der Waals surface area (Å²) in [6, 6.07) is 7.63. The molecular formula is C20H17F2N5O3. The maximum atomic E-state index is 14.1. The van der Waals surface area contributed by atoms with E-state index in [9.17, 15) is 23.5 Å². The molecule has 10 heteroatoms. The third-order valence-electron chi connectivity index (χ3n) is 4.53. The minimum atomic E-state index is -1.16. The molecule has 0 spiro atoms. The number of benzene rings is 1. The van der Waals surface area contributed by atoms with E-state index in [2.05, 4.69) is 20.5 Å². The topological polar surface area (TPSA) is 131 Å². The van der Waals surface area contributed by atoms with Gasteiger partial charge < -0.3 is 16.2 Å². The van der Waals surface area contributed by atoms with Crippen LogP contribution < -0.4 is 11.1 Å². The number of carboxylic acids is 1. The highest BCUT2D eigenvalue weighted by molar-refractivity contribution is 5.97. The Morgan fingerprint density at radius 2 is 1.77 bits per heavy atom. The molecule has 3 aromatic rings. The molecule has 0 aliphatic carbocycles. The van der Waals surface area contributed by atoms with Crippen LogP contribution in [0.25, 0.3) is 11.3 Å². The molecule has 0 bridgehead atoms. The fraction of sp³-hybridized carbons (Fsp3) is 0.150. The second-order valence-corrected chi connectivity index (χ2v) is 6.94. The number of halogens is 2. The molecule has 1 amide bonds. The first-order chi connectivity index (χ1) is 14.1. The van der Waals surface area contributed by atoms with Crippen molar-refractivity contribution in [3.63, 3.8) is 0 Å². The zero-order valence-corrected chi connectivity index (χ0v) is 16.0. The number of primary amides is 1.